The van der Waals surface area contributed by atoms with Crippen molar-refractivity contribution in [1.29, 1.82) is 0 Å². The van der Waals surface area contributed by atoms with Crippen molar-refractivity contribution < 1.29 is 22.8 Å². The van der Waals surface area contributed by atoms with E-state index in [2.05, 4.69) is 15.6 Å². The Balaban J connectivity index is 1.29. The van der Waals surface area contributed by atoms with Gasteiger partial charge in [-0.2, -0.15) is 4.31 Å². The van der Waals surface area contributed by atoms with Gasteiger partial charge >= 0.3 is 0 Å². The Morgan fingerprint density at radius 2 is 1.87 bits per heavy atom. The van der Waals surface area contributed by atoms with Gasteiger partial charge in [-0.3, -0.25) is 14.4 Å². The Morgan fingerprint density at radius 1 is 1.05 bits per heavy atom. The number of hydrogen-bond acceptors (Lipinski definition) is 8. The van der Waals surface area contributed by atoms with Crippen LogP contribution in [-0.4, -0.2) is 60.5 Å². The second-order valence-electron chi connectivity index (χ2n) is 9.79. The molecule has 0 unspecified atom stereocenters. The molecule has 9 nitrogen and oxygen atoms in total. The summed E-state index contributed by atoms with van der Waals surface area (Å²) >= 11 is 2.96. The minimum Gasteiger partial charge on any atom is -0.344 e. The average Bonchev–Trinajstić information content (AvgIpc) is 3.49. The summed E-state index contributed by atoms with van der Waals surface area (Å²) in [5.41, 5.74) is 0. The predicted octanol–water partition coefficient (Wildman–Crippen LogP) is 3.58. The van der Waals surface area contributed by atoms with E-state index < -0.39 is 22.1 Å². The van der Waals surface area contributed by atoms with Crippen molar-refractivity contribution in [2.45, 2.75) is 62.1 Å². The predicted molar refractivity (Wildman–Crippen MR) is 147 cm³/mol. The van der Waals surface area contributed by atoms with Gasteiger partial charge < -0.3 is 10.6 Å². The molecule has 4 heterocycles. The zero-order chi connectivity index (χ0) is 26.7. The minimum absolute atomic E-state index is 0.0179. The van der Waals surface area contributed by atoms with Crippen LogP contribution in [0.5, 0.6) is 0 Å². The van der Waals surface area contributed by atoms with E-state index in [9.17, 15) is 22.8 Å². The Morgan fingerprint density at radius 3 is 2.61 bits per heavy atom. The number of carbonyl (C=O) groups is 3. The number of nitrogens with zero attached hydrogens (tertiary/aromatic N) is 2. The molecule has 0 radical (unpaired) electrons. The standard InChI is InChI=1S/C26H30N4O5S3/c31-19-16-30(38(34,35)23-10-4-5-12-27-23)13-6-9-18(19)28-26(33)24(17-7-2-1-3-8-17)29-25(32)22-15-21-20(37-22)11-14-36-21/h4-5,10-12,14-15,17-18,24H,1-3,6-9,13,16H2,(H,28,33)(H,29,32)/t18-,24-/m0/s1. The molecule has 2 N–H and O–H groups in total. The Bertz CT molecular complexity index is 1380. The van der Waals surface area contributed by atoms with Gasteiger partial charge in [-0.25, -0.2) is 13.4 Å². The van der Waals surface area contributed by atoms with Crippen molar-refractivity contribution in [3.05, 3.63) is 46.8 Å². The Hall–Kier alpha value is -2.67. The largest absolute Gasteiger partial charge is 0.344 e. The third-order valence-electron chi connectivity index (χ3n) is 7.23. The van der Waals surface area contributed by atoms with Crippen LogP contribution in [0.15, 0.2) is 46.9 Å². The number of thiophene rings is 2. The van der Waals surface area contributed by atoms with Gasteiger partial charge in [0.15, 0.2) is 10.8 Å². The highest BCUT2D eigenvalue weighted by atomic mass is 32.2. The number of sulfonamides is 1. The van der Waals surface area contributed by atoms with Crippen LogP contribution in [0.4, 0.5) is 0 Å². The van der Waals surface area contributed by atoms with E-state index in [1.54, 1.807) is 23.5 Å². The van der Waals surface area contributed by atoms with Gasteiger partial charge in [-0.1, -0.05) is 25.3 Å². The second-order valence-corrected chi connectivity index (χ2v) is 13.7. The van der Waals surface area contributed by atoms with Gasteiger partial charge in [-0.05, 0) is 61.2 Å². The normalized spacial score (nSPS) is 20.6. The number of ketones is 1. The number of rotatable bonds is 7. The van der Waals surface area contributed by atoms with Crippen LogP contribution in [0.2, 0.25) is 0 Å². The van der Waals surface area contributed by atoms with E-state index in [1.165, 1.54) is 23.6 Å². The van der Waals surface area contributed by atoms with E-state index in [0.29, 0.717) is 17.7 Å². The van der Waals surface area contributed by atoms with Crippen molar-refractivity contribution in [2.75, 3.05) is 13.1 Å². The molecule has 1 saturated carbocycles. The first-order valence-electron chi connectivity index (χ1n) is 12.8. The van der Waals surface area contributed by atoms with Gasteiger partial charge in [0.1, 0.15) is 6.04 Å². The van der Waals surface area contributed by atoms with Crippen LogP contribution < -0.4 is 10.6 Å². The fraction of sp³-hybridized carbons (Fsp3) is 0.462. The molecule has 0 bridgehead atoms. The summed E-state index contributed by atoms with van der Waals surface area (Å²) in [4.78, 5) is 44.3. The van der Waals surface area contributed by atoms with Crippen LogP contribution in [0.1, 0.15) is 54.6 Å². The van der Waals surface area contributed by atoms with Crippen LogP contribution in [0.25, 0.3) is 9.40 Å². The molecule has 38 heavy (non-hydrogen) atoms. The van der Waals surface area contributed by atoms with Crippen LogP contribution >= 0.6 is 22.7 Å². The summed E-state index contributed by atoms with van der Waals surface area (Å²) in [6, 6.07) is 6.86. The summed E-state index contributed by atoms with van der Waals surface area (Å²) in [5.74, 6) is -1.06. The van der Waals surface area contributed by atoms with Crippen LogP contribution in [0.3, 0.4) is 0 Å². The molecule has 1 saturated heterocycles. The molecule has 202 valence electrons. The van der Waals surface area contributed by atoms with Gasteiger partial charge in [0.25, 0.3) is 15.9 Å². The van der Waals surface area contributed by atoms with Gasteiger partial charge in [0.2, 0.25) is 5.91 Å². The number of Topliss-reactive ketones (excluding diaryl/α,β-unsaturated/α-hetero) is 1. The molecular formula is C26H30N4O5S3. The van der Waals surface area contributed by atoms with Crippen molar-refractivity contribution in [3.63, 3.8) is 0 Å². The molecule has 1 aliphatic heterocycles. The molecule has 5 rings (SSSR count). The number of nitrogens with one attached hydrogen (secondary N) is 2. The van der Waals surface area contributed by atoms with Gasteiger partial charge in [0.05, 0.1) is 17.5 Å². The maximum atomic E-state index is 13.5. The van der Waals surface area contributed by atoms with E-state index in [4.69, 9.17) is 0 Å². The molecule has 2 aliphatic rings. The topological polar surface area (TPSA) is 126 Å². The Labute approximate surface area is 229 Å². The van der Waals surface area contributed by atoms with Gasteiger partial charge in [0, 0.05) is 22.1 Å². The summed E-state index contributed by atoms with van der Waals surface area (Å²) in [6.07, 6.45) is 6.86. The number of aromatic nitrogens is 1. The lowest BCUT2D eigenvalue weighted by atomic mass is 9.83. The molecule has 3 aromatic heterocycles. The number of hydrogen-bond donors (Lipinski definition) is 2. The molecule has 0 spiro atoms. The van der Waals surface area contributed by atoms with Crippen molar-refractivity contribution in [3.8, 4) is 0 Å². The zero-order valence-corrected chi connectivity index (χ0v) is 23.2. The van der Waals surface area contributed by atoms with Crippen molar-refractivity contribution >= 4 is 59.7 Å². The van der Waals surface area contributed by atoms with Crippen LogP contribution in [0, 0.1) is 5.92 Å². The second kappa shape index (κ2) is 11.6. The summed E-state index contributed by atoms with van der Waals surface area (Å²) in [5, 5.41) is 7.70. The fourth-order valence-electron chi connectivity index (χ4n) is 5.20. The monoisotopic (exact) mass is 574 g/mol. The lowest BCUT2D eigenvalue weighted by Crippen LogP contribution is -2.55. The first-order chi connectivity index (χ1) is 18.3. The lowest BCUT2D eigenvalue weighted by molar-refractivity contribution is -0.129. The zero-order valence-electron chi connectivity index (χ0n) is 20.8. The Kier molecular flexibility index (Phi) is 8.22. The maximum Gasteiger partial charge on any atom is 0.262 e. The molecule has 12 heteroatoms. The third-order valence-corrected chi connectivity index (χ3v) is 11.1. The van der Waals surface area contributed by atoms with Crippen LogP contribution in [-0.2, 0) is 19.6 Å². The van der Waals surface area contributed by atoms with E-state index in [-0.39, 0.29) is 41.6 Å². The number of carbonyl (C=O) groups excluding carboxylic acids is 3. The highest BCUT2D eigenvalue weighted by molar-refractivity contribution is 7.89. The highest BCUT2D eigenvalue weighted by Crippen LogP contribution is 2.31. The molecule has 2 fully saturated rings. The number of pyridine rings is 1. The highest BCUT2D eigenvalue weighted by Gasteiger charge is 2.37. The molecule has 0 aromatic carbocycles. The molecular weight excluding hydrogens is 545 g/mol. The quantitative estimate of drug-likeness (QED) is 0.444. The first kappa shape index (κ1) is 26.9. The molecule has 2 atom stereocenters. The summed E-state index contributed by atoms with van der Waals surface area (Å²) in [7, 11) is -3.92. The summed E-state index contributed by atoms with van der Waals surface area (Å²) < 4.78 is 29.2. The van der Waals surface area contributed by atoms with Crippen molar-refractivity contribution in [2.24, 2.45) is 5.92 Å². The number of fused-ring (bicyclic) bond motifs is 1. The van der Waals surface area contributed by atoms with Gasteiger partial charge in [-0.15, -0.1) is 22.7 Å². The lowest BCUT2D eigenvalue weighted by Gasteiger charge is -2.31. The maximum absolute atomic E-state index is 13.5. The van der Waals surface area contributed by atoms with E-state index in [1.807, 2.05) is 17.5 Å². The van der Waals surface area contributed by atoms with Crippen molar-refractivity contribution in [1.82, 2.24) is 19.9 Å². The minimum atomic E-state index is -3.92. The average molecular weight is 575 g/mol. The number of amides is 2. The fourth-order valence-corrected chi connectivity index (χ4v) is 8.59. The first-order valence-corrected chi connectivity index (χ1v) is 16.0. The smallest absolute Gasteiger partial charge is 0.262 e. The molecule has 1 aliphatic carbocycles. The third kappa shape index (κ3) is 5.83. The van der Waals surface area contributed by atoms with E-state index in [0.717, 1.165) is 45.8 Å². The SMILES string of the molecule is O=C(N[C@H](C(=O)N[C@H]1CCCN(S(=O)(=O)c2ccccn2)CC1=O)C1CCCCC1)c1cc2sccc2s1. The molecule has 2 amide bonds. The van der Waals surface area contributed by atoms with E-state index >= 15 is 0 Å². The summed E-state index contributed by atoms with van der Waals surface area (Å²) in [6.45, 7) is -0.175. The molecule has 3 aromatic rings.